The van der Waals surface area contributed by atoms with E-state index < -0.39 is 5.97 Å². The van der Waals surface area contributed by atoms with Crippen LogP contribution in [0, 0.1) is 6.92 Å². The highest BCUT2D eigenvalue weighted by atomic mass is 79.9. The van der Waals surface area contributed by atoms with Gasteiger partial charge in [-0.05, 0) is 37.1 Å². The molecule has 0 amide bonds. The Hall–Kier alpha value is -1.34. The number of aryl methyl sites for hydroxylation is 2. The number of hydrogen-bond donors (Lipinski definition) is 1. The Bertz CT molecular complexity index is 643. The summed E-state index contributed by atoms with van der Waals surface area (Å²) < 4.78 is 2.92. The van der Waals surface area contributed by atoms with Crippen molar-refractivity contribution in [3.63, 3.8) is 0 Å². The van der Waals surface area contributed by atoms with E-state index in [4.69, 9.17) is 5.11 Å². The summed E-state index contributed by atoms with van der Waals surface area (Å²) in [5.41, 5.74) is 2.14. The first-order valence-electron chi connectivity index (χ1n) is 6.08. The van der Waals surface area contributed by atoms with Crippen molar-refractivity contribution in [3.8, 4) is 5.69 Å². The number of carboxylic acid groups (broad SMARTS) is 1. The van der Waals surface area contributed by atoms with Crippen molar-refractivity contribution in [1.29, 1.82) is 0 Å². The van der Waals surface area contributed by atoms with Crippen LogP contribution in [0.1, 0.15) is 18.3 Å². The maximum atomic E-state index is 10.7. The third-order valence-electron chi connectivity index (χ3n) is 2.78. The lowest BCUT2D eigenvalue weighted by Crippen LogP contribution is -2.05. The minimum absolute atomic E-state index is 0.0316. The summed E-state index contributed by atoms with van der Waals surface area (Å²) in [6.07, 6.45) is 0.870. The van der Waals surface area contributed by atoms with Crippen LogP contribution in [0.5, 0.6) is 0 Å². The minimum atomic E-state index is -0.867. The Balaban J connectivity index is 2.46. The van der Waals surface area contributed by atoms with Gasteiger partial charge in [-0.25, -0.2) is 0 Å². The zero-order chi connectivity index (χ0) is 14.7. The summed E-state index contributed by atoms with van der Waals surface area (Å²) in [7, 11) is 0. The third-order valence-corrected chi connectivity index (χ3v) is 4.19. The van der Waals surface area contributed by atoms with E-state index in [1.165, 1.54) is 11.8 Å². The number of aliphatic carboxylic acids is 1. The Labute approximate surface area is 129 Å². The molecule has 2 rings (SSSR count). The van der Waals surface area contributed by atoms with Crippen molar-refractivity contribution in [2.45, 2.75) is 25.4 Å². The first-order valence-corrected chi connectivity index (χ1v) is 7.86. The van der Waals surface area contributed by atoms with Crippen LogP contribution < -0.4 is 0 Å². The molecule has 0 fully saturated rings. The molecule has 0 radical (unpaired) electrons. The van der Waals surface area contributed by atoms with Gasteiger partial charge in [-0.3, -0.25) is 9.36 Å². The van der Waals surface area contributed by atoms with Crippen molar-refractivity contribution in [1.82, 2.24) is 14.8 Å². The van der Waals surface area contributed by atoms with Gasteiger partial charge in [0.15, 0.2) is 5.16 Å². The molecule has 1 aromatic heterocycles. The van der Waals surface area contributed by atoms with Crippen LogP contribution in [0.3, 0.4) is 0 Å². The van der Waals surface area contributed by atoms with Crippen LogP contribution in [0.25, 0.3) is 5.69 Å². The number of carboxylic acids is 1. The summed E-state index contributed by atoms with van der Waals surface area (Å²) in [4.78, 5) is 10.7. The Morgan fingerprint density at radius 1 is 1.45 bits per heavy atom. The average molecular weight is 356 g/mol. The normalized spacial score (nSPS) is 10.8. The Morgan fingerprint density at radius 2 is 2.20 bits per heavy atom. The summed E-state index contributed by atoms with van der Waals surface area (Å²) in [6.45, 7) is 3.94. The highest BCUT2D eigenvalue weighted by Crippen LogP contribution is 2.26. The summed E-state index contributed by atoms with van der Waals surface area (Å²) in [6, 6.07) is 6.00. The van der Waals surface area contributed by atoms with Crippen LogP contribution in [-0.4, -0.2) is 31.6 Å². The molecule has 106 valence electrons. The van der Waals surface area contributed by atoms with E-state index in [0.29, 0.717) is 5.16 Å². The van der Waals surface area contributed by atoms with E-state index in [1.807, 2.05) is 23.6 Å². The largest absolute Gasteiger partial charge is 0.481 e. The molecule has 5 nitrogen and oxygen atoms in total. The van der Waals surface area contributed by atoms with Gasteiger partial charge in [0.05, 0.1) is 11.4 Å². The second-order valence-electron chi connectivity index (χ2n) is 4.17. The van der Waals surface area contributed by atoms with Gasteiger partial charge in [0.1, 0.15) is 5.82 Å². The smallest absolute Gasteiger partial charge is 0.313 e. The lowest BCUT2D eigenvalue weighted by atomic mass is 10.1. The van der Waals surface area contributed by atoms with E-state index in [-0.39, 0.29) is 5.75 Å². The molecule has 0 spiro atoms. The van der Waals surface area contributed by atoms with E-state index in [1.54, 1.807) is 0 Å². The molecule has 0 unspecified atom stereocenters. The topological polar surface area (TPSA) is 68.0 Å². The van der Waals surface area contributed by atoms with Crippen molar-refractivity contribution >= 4 is 33.7 Å². The van der Waals surface area contributed by atoms with Gasteiger partial charge < -0.3 is 5.11 Å². The molecule has 0 saturated carbocycles. The molecule has 0 aliphatic rings. The molecule has 2 aromatic rings. The van der Waals surface area contributed by atoms with Crippen LogP contribution in [0.15, 0.2) is 27.8 Å². The summed E-state index contributed by atoms with van der Waals surface area (Å²) >= 11 is 4.64. The maximum Gasteiger partial charge on any atom is 0.313 e. The second-order valence-corrected chi connectivity index (χ2v) is 6.03. The van der Waals surface area contributed by atoms with E-state index in [0.717, 1.165) is 28.0 Å². The van der Waals surface area contributed by atoms with Gasteiger partial charge in [0, 0.05) is 4.47 Å². The number of halogens is 1. The summed E-state index contributed by atoms with van der Waals surface area (Å²) in [5, 5.41) is 17.5. The van der Waals surface area contributed by atoms with E-state index in [9.17, 15) is 4.79 Å². The van der Waals surface area contributed by atoms with Crippen LogP contribution in [-0.2, 0) is 11.2 Å². The molecule has 0 aliphatic heterocycles. The molecule has 0 aliphatic carbocycles. The predicted octanol–water partition coefficient (Wildman–Crippen LogP) is 3.08. The SMILES string of the molecule is CCc1cc(Br)ccc1-n1c(C)nnc1SCC(=O)O. The van der Waals surface area contributed by atoms with Gasteiger partial charge in [-0.1, -0.05) is 34.6 Å². The zero-order valence-electron chi connectivity index (χ0n) is 11.1. The van der Waals surface area contributed by atoms with Crippen LogP contribution in [0.2, 0.25) is 0 Å². The number of hydrogen-bond acceptors (Lipinski definition) is 4. The number of nitrogens with zero attached hydrogens (tertiary/aromatic N) is 3. The monoisotopic (exact) mass is 355 g/mol. The van der Waals surface area contributed by atoms with Gasteiger partial charge in [0.25, 0.3) is 0 Å². The molecule has 0 atom stereocenters. The molecule has 1 aromatic carbocycles. The standard InChI is InChI=1S/C13H14BrN3O2S/c1-3-9-6-10(14)4-5-11(9)17-8(2)15-16-13(17)20-7-12(18)19/h4-6H,3,7H2,1-2H3,(H,18,19). The first kappa shape index (κ1) is 15.1. The van der Waals surface area contributed by atoms with Crippen molar-refractivity contribution in [2.75, 3.05) is 5.75 Å². The molecule has 0 bridgehead atoms. The fourth-order valence-electron chi connectivity index (χ4n) is 1.90. The first-order chi connectivity index (χ1) is 9.52. The molecule has 0 saturated heterocycles. The second kappa shape index (κ2) is 6.41. The Morgan fingerprint density at radius 3 is 2.85 bits per heavy atom. The number of thioether (sulfide) groups is 1. The quantitative estimate of drug-likeness (QED) is 0.834. The van der Waals surface area contributed by atoms with Gasteiger partial charge in [-0.15, -0.1) is 10.2 Å². The number of benzene rings is 1. The van der Waals surface area contributed by atoms with Gasteiger partial charge in [-0.2, -0.15) is 0 Å². The molecule has 1 N–H and O–H groups in total. The number of aromatic nitrogens is 3. The number of carbonyl (C=O) groups is 1. The maximum absolute atomic E-state index is 10.7. The van der Waals surface area contributed by atoms with Crippen molar-refractivity contribution in [3.05, 3.63) is 34.1 Å². The van der Waals surface area contributed by atoms with Crippen LogP contribution in [0.4, 0.5) is 0 Å². The molecule has 1 heterocycles. The molecular weight excluding hydrogens is 342 g/mol. The highest BCUT2D eigenvalue weighted by Gasteiger charge is 2.15. The summed E-state index contributed by atoms with van der Waals surface area (Å²) in [5.74, 6) is -0.153. The van der Waals surface area contributed by atoms with Crippen LogP contribution >= 0.6 is 27.7 Å². The van der Waals surface area contributed by atoms with Crippen molar-refractivity contribution in [2.24, 2.45) is 0 Å². The zero-order valence-corrected chi connectivity index (χ0v) is 13.5. The number of rotatable bonds is 5. The van der Waals surface area contributed by atoms with Crippen molar-refractivity contribution < 1.29 is 9.90 Å². The van der Waals surface area contributed by atoms with E-state index in [2.05, 4.69) is 39.1 Å². The molecule has 7 heteroatoms. The fourth-order valence-corrected chi connectivity index (χ4v) is 3.01. The average Bonchev–Trinajstić information content (AvgIpc) is 2.77. The lowest BCUT2D eigenvalue weighted by molar-refractivity contribution is -0.133. The molecular formula is C13H14BrN3O2S. The Kier molecular flexibility index (Phi) is 4.82. The third kappa shape index (κ3) is 3.21. The van der Waals surface area contributed by atoms with Gasteiger partial charge >= 0.3 is 5.97 Å². The predicted molar refractivity (Wildman–Crippen MR) is 81.5 cm³/mol. The fraction of sp³-hybridized carbons (Fsp3) is 0.308. The van der Waals surface area contributed by atoms with Gasteiger partial charge in [0.2, 0.25) is 0 Å². The van der Waals surface area contributed by atoms with E-state index >= 15 is 0 Å². The molecule has 20 heavy (non-hydrogen) atoms. The lowest BCUT2D eigenvalue weighted by Gasteiger charge is -2.12. The minimum Gasteiger partial charge on any atom is -0.481 e. The highest BCUT2D eigenvalue weighted by molar-refractivity contribution is 9.10.